The van der Waals surface area contributed by atoms with E-state index >= 15 is 0 Å². The maximum atomic E-state index is 11.3. The lowest BCUT2D eigenvalue weighted by Gasteiger charge is -1.93. The Kier molecular flexibility index (Phi) is 3.67. The Hall–Kier alpha value is 0.01000. The summed E-state index contributed by atoms with van der Waals surface area (Å²) in [6.45, 7) is 0. The van der Waals surface area contributed by atoms with Crippen molar-refractivity contribution in [2.45, 2.75) is 4.21 Å². The molecular formula is C5H3Br2NO4S2. The number of hydrogen-bond acceptors (Lipinski definition) is 5. The molecule has 0 spiro atoms. The molecule has 0 fully saturated rings. The molecule has 1 rings (SSSR count). The van der Waals surface area contributed by atoms with E-state index in [1.165, 1.54) is 6.07 Å². The van der Waals surface area contributed by atoms with Crippen LogP contribution in [0.2, 0.25) is 0 Å². The molecule has 0 atom stereocenters. The Morgan fingerprint density at radius 1 is 1.50 bits per heavy atom. The minimum Gasteiger partial charge on any atom is -0.263 e. The molecule has 78 valence electrons. The minimum absolute atomic E-state index is 0.0204. The number of hydrogen-bond donors (Lipinski definition) is 0. The molecule has 5 nitrogen and oxygen atoms in total. The molecule has 9 heteroatoms. The summed E-state index contributed by atoms with van der Waals surface area (Å²) < 4.78 is 23.8. The molecule has 0 N–H and O–H groups in total. The van der Waals surface area contributed by atoms with Gasteiger partial charge in [-0.1, -0.05) is 0 Å². The zero-order valence-corrected chi connectivity index (χ0v) is 11.2. The number of thiophene rings is 1. The molecule has 0 aliphatic heterocycles. The Balaban J connectivity index is 3.11. The van der Waals surface area contributed by atoms with E-state index in [1.807, 2.05) is 0 Å². The van der Waals surface area contributed by atoms with Gasteiger partial charge in [-0.05, 0) is 37.9 Å². The lowest BCUT2D eigenvalue weighted by atomic mass is 10.7. The van der Waals surface area contributed by atoms with Gasteiger partial charge in [0.15, 0.2) is 0 Å². The van der Waals surface area contributed by atoms with Gasteiger partial charge >= 0.3 is 5.88 Å². The lowest BCUT2D eigenvalue weighted by Crippen LogP contribution is -2.13. The third-order valence-corrected chi connectivity index (χ3v) is 6.55. The van der Waals surface area contributed by atoms with Crippen LogP contribution in [0.3, 0.4) is 0 Å². The first-order chi connectivity index (χ1) is 6.33. The zero-order valence-electron chi connectivity index (χ0n) is 6.44. The predicted molar refractivity (Wildman–Crippen MR) is 58.8 cm³/mol. The van der Waals surface area contributed by atoms with Gasteiger partial charge in [-0.2, -0.15) is 0 Å². The summed E-state index contributed by atoms with van der Waals surface area (Å²) in [7, 11) is -3.80. The van der Waals surface area contributed by atoms with Gasteiger partial charge in [-0.3, -0.25) is 10.1 Å². The van der Waals surface area contributed by atoms with Gasteiger partial charge in [-0.25, -0.2) is 8.42 Å². The maximum Gasteiger partial charge on any atom is 0.306 e. The minimum atomic E-state index is -3.80. The SMILES string of the molecule is O=[N+]([O-])CS(=O)(=O)c1cc(Br)c(Br)s1. The van der Waals surface area contributed by atoms with Crippen LogP contribution in [0.1, 0.15) is 0 Å². The van der Waals surface area contributed by atoms with E-state index in [1.54, 1.807) is 0 Å². The molecule has 0 aliphatic rings. The van der Waals surface area contributed by atoms with Gasteiger partial charge in [0.25, 0.3) is 9.84 Å². The van der Waals surface area contributed by atoms with Crippen molar-refractivity contribution >= 4 is 53.0 Å². The van der Waals surface area contributed by atoms with Crippen LogP contribution in [0.5, 0.6) is 0 Å². The highest BCUT2D eigenvalue weighted by atomic mass is 79.9. The van der Waals surface area contributed by atoms with Gasteiger partial charge in [-0.15, -0.1) is 11.3 Å². The Morgan fingerprint density at radius 3 is 2.43 bits per heavy atom. The van der Waals surface area contributed by atoms with Crippen molar-refractivity contribution in [1.82, 2.24) is 0 Å². The molecule has 0 bridgehead atoms. The van der Waals surface area contributed by atoms with Gasteiger partial charge in [0, 0.05) is 9.40 Å². The van der Waals surface area contributed by atoms with Gasteiger partial charge in [0.2, 0.25) is 0 Å². The Labute approximate surface area is 100 Å². The average molecular weight is 365 g/mol. The fraction of sp³-hybridized carbons (Fsp3) is 0.200. The smallest absolute Gasteiger partial charge is 0.263 e. The number of rotatable bonds is 3. The molecule has 0 saturated heterocycles. The molecule has 0 saturated carbocycles. The summed E-state index contributed by atoms with van der Waals surface area (Å²) in [5.74, 6) is -1.08. The molecular weight excluding hydrogens is 362 g/mol. The lowest BCUT2D eigenvalue weighted by molar-refractivity contribution is -0.458. The van der Waals surface area contributed by atoms with Gasteiger partial charge in [0.1, 0.15) is 4.21 Å². The Bertz CT molecular complexity index is 447. The van der Waals surface area contributed by atoms with E-state index in [0.717, 1.165) is 11.3 Å². The highest BCUT2D eigenvalue weighted by Gasteiger charge is 2.24. The summed E-state index contributed by atoms with van der Waals surface area (Å²) in [6.07, 6.45) is 0. The van der Waals surface area contributed by atoms with E-state index in [9.17, 15) is 18.5 Å². The van der Waals surface area contributed by atoms with Crippen LogP contribution in [0.25, 0.3) is 0 Å². The van der Waals surface area contributed by atoms with Crippen molar-refractivity contribution in [3.05, 3.63) is 24.4 Å². The molecule has 1 aromatic rings. The molecule has 0 radical (unpaired) electrons. The summed E-state index contributed by atoms with van der Waals surface area (Å²) in [4.78, 5) is 9.22. The monoisotopic (exact) mass is 363 g/mol. The molecule has 1 aromatic heterocycles. The van der Waals surface area contributed by atoms with Gasteiger partial charge in [0.05, 0.1) is 3.79 Å². The maximum absolute atomic E-state index is 11.3. The van der Waals surface area contributed by atoms with Crippen molar-refractivity contribution < 1.29 is 13.3 Å². The highest BCUT2D eigenvalue weighted by Crippen LogP contribution is 2.35. The van der Waals surface area contributed by atoms with Crippen LogP contribution in [-0.4, -0.2) is 19.2 Å². The van der Waals surface area contributed by atoms with E-state index in [-0.39, 0.29) is 4.21 Å². The van der Waals surface area contributed by atoms with Crippen molar-refractivity contribution in [2.75, 3.05) is 5.88 Å². The van der Waals surface area contributed by atoms with Crippen LogP contribution in [0.15, 0.2) is 18.5 Å². The standard InChI is InChI=1S/C5H3Br2NO4S2/c6-3-1-4(13-5(3)7)14(11,12)2-8(9)10/h1H,2H2. The van der Waals surface area contributed by atoms with Crippen molar-refractivity contribution in [1.29, 1.82) is 0 Å². The fourth-order valence-corrected chi connectivity index (χ4v) is 4.54. The molecule has 0 unspecified atom stereocenters. The second-order valence-electron chi connectivity index (χ2n) is 2.26. The number of sulfone groups is 1. The van der Waals surface area contributed by atoms with Crippen molar-refractivity contribution in [3.63, 3.8) is 0 Å². The molecule has 0 aromatic carbocycles. The quantitative estimate of drug-likeness (QED) is 0.608. The van der Waals surface area contributed by atoms with Crippen LogP contribution in [-0.2, 0) is 9.84 Å². The van der Waals surface area contributed by atoms with E-state index in [4.69, 9.17) is 0 Å². The molecule has 0 aliphatic carbocycles. The van der Waals surface area contributed by atoms with Crippen molar-refractivity contribution in [3.8, 4) is 0 Å². The average Bonchev–Trinajstić information content (AvgIpc) is 2.30. The highest BCUT2D eigenvalue weighted by molar-refractivity contribution is 9.13. The summed E-state index contributed by atoms with van der Waals surface area (Å²) >= 11 is 7.16. The van der Waals surface area contributed by atoms with E-state index < -0.39 is 20.6 Å². The van der Waals surface area contributed by atoms with E-state index in [0.29, 0.717) is 8.26 Å². The normalized spacial score (nSPS) is 11.6. The topological polar surface area (TPSA) is 77.3 Å². The summed E-state index contributed by atoms with van der Waals surface area (Å²) in [5.41, 5.74) is 0. The second-order valence-corrected chi connectivity index (χ2v) is 7.67. The third kappa shape index (κ3) is 2.75. The van der Waals surface area contributed by atoms with Crippen LogP contribution < -0.4 is 0 Å². The second kappa shape index (κ2) is 4.25. The molecule has 1 heterocycles. The predicted octanol–water partition coefficient (Wildman–Crippen LogP) is 2.28. The van der Waals surface area contributed by atoms with Gasteiger partial charge < -0.3 is 0 Å². The number of nitrogens with zero attached hydrogens (tertiary/aromatic N) is 1. The first-order valence-corrected chi connectivity index (χ1v) is 7.18. The zero-order chi connectivity index (χ0) is 10.9. The van der Waals surface area contributed by atoms with E-state index in [2.05, 4.69) is 31.9 Å². The van der Waals surface area contributed by atoms with Crippen LogP contribution in [0.4, 0.5) is 0 Å². The van der Waals surface area contributed by atoms with Crippen molar-refractivity contribution in [2.24, 2.45) is 0 Å². The number of halogens is 2. The third-order valence-electron chi connectivity index (χ3n) is 1.20. The summed E-state index contributed by atoms with van der Waals surface area (Å²) in [6, 6.07) is 1.34. The summed E-state index contributed by atoms with van der Waals surface area (Å²) in [5, 5.41) is 10.1. The molecule has 14 heavy (non-hydrogen) atoms. The fourth-order valence-electron chi connectivity index (χ4n) is 0.682. The van der Waals surface area contributed by atoms with Crippen LogP contribution >= 0.6 is 43.2 Å². The first-order valence-electron chi connectivity index (χ1n) is 3.12. The first kappa shape index (κ1) is 12.1. The Morgan fingerprint density at radius 2 is 2.07 bits per heavy atom. The largest absolute Gasteiger partial charge is 0.306 e. The van der Waals surface area contributed by atoms with Crippen LogP contribution in [0, 0.1) is 10.1 Å². The number of nitro groups is 1. The molecule has 0 amide bonds.